The molecule has 0 aliphatic carbocycles. The molecule has 0 aliphatic heterocycles. The van der Waals surface area contributed by atoms with Crippen molar-refractivity contribution in [3.63, 3.8) is 0 Å². The van der Waals surface area contributed by atoms with Gasteiger partial charge in [0.05, 0.1) is 32.3 Å². The molecule has 16 nitrogen and oxygen atoms in total. The lowest BCUT2D eigenvalue weighted by Gasteiger charge is -2.06. The molecule has 6 N–H and O–H groups in total. The number of benzene rings is 4. The number of ketones is 1. The maximum atomic E-state index is 13.4. The number of aromatic hydroxyl groups is 1. The van der Waals surface area contributed by atoms with Crippen LogP contribution in [0.2, 0.25) is 0 Å². The molecular formula is C26H18N4O12S2. The molecule has 18 heteroatoms. The smallest absolute Gasteiger partial charge is 0.336 e. The molecule has 0 saturated heterocycles. The highest BCUT2D eigenvalue weighted by Crippen LogP contribution is 2.19. The Labute approximate surface area is 246 Å². The first-order valence-corrected chi connectivity index (χ1v) is 14.7. The van der Waals surface area contributed by atoms with Crippen LogP contribution in [0.1, 0.15) is 26.3 Å². The number of rotatable bonds is 9. The first-order chi connectivity index (χ1) is 20.6. The van der Waals surface area contributed by atoms with Crippen molar-refractivity contribution in [3.8, 4) is 5.75 Å². The van der Waals surface area contributed by atoms with Gasteiger partial charge in [0.15, 0.2) is 11.1 Å². The van der Waals surface area contributed by atoms with Crippen molar-refractivity contribution in [1.82, 2.24) is 0 Å². The third-order valence-corrected chi connectivity index (χ3v) is 7.55. The largest absolute Gasteiger partial charge is 0.508 e. The van der Waals surface area contributed by atoms with Crippen molar-refractivity contribution in [2.75, 3.05) is 10.9 Å². The van der Waals surface area contributed by atoms with Crippen molar-refractivity contribution in [2.45, 2.75) is 9.79 Å². The summed E-state index contributed by atoms with van der Waals surface area (Å²) in [7, 11) is -9.01. The molecule has 0 heterocycles. The predicted octanol–water partition coefficient (Wildman–Crippen LogP) is 0.266. The van der Waals surface area contributed by atoms with E-state index in [1.807, 2.05) is 0 Å². The van der Waals surface area contributed by atoms with Gasteiger partial charge in [-0.25, -0.2) is 4.79 Å². The molecule has 0 saturated carbocycles. The minimum atomic E-state index is -4.51. The standard InChI is InChI=1S/C26H18N4O12S2/c31-15-5-10-18(19(11-15)26(35)36)23(32)20-12-21(29-27-13-1-6-16(7-2-13)43(37,38)39)25(34)22(24(20)33)30-28-14-3-8-17(9-4-14)44(40,41)42/h1-12,27-28,31H,(H,35,36)(H,37,38,39)(H,40,41,42)/b29-21+,30-22+. The van der Waals surface area contributed by atoms with Crippen LogP contribution < -0.4 is 32.4 Å². The molecule has 44 heavy (non-hydrogen) atoms. The van der Waals surface area contributed by atoms with Gasteiger partial charge in [0.2, 0.25) is 10.9 Å². The number of phenolic OH excluding ortho intramolecular Hbond substituents is 1. The lowest BCUT2D eigenvalue weighted by Crippen LogP contribution is -2.50. The molecule has 0 radical (unpaired) electrons. The van der Waals surface area contributed by atoms with E-state index in [1.54, 1.807) is 0 Å². The SMILES string of the molecule is O=C(O)c1cc(O)ccc1C(=O)c1c/c(=N\Nc2ccc(S(=O)(=O)O)cc2)c(=O)/c(=N/Nc2ccc(S(=O)(=O)O)cc2)c1=O. The van der Waals surface area contributed by atoms with Crippen LogP contribution in [0.5, 0.6) is 5.75 Å². The Kier molecular flexibility index (Phi) is 8.54. The van der Waals surface area contributed by atoms with E-state index in [-0.39, 0.29) is 11.4 Å². The van der Waals surface area contributed by atoms with Crippen LogP contribution in [0.3, 0.4) is 0 Å². The van der Waals surface area contributed by atoms with Gasteiger partial charge < -0.3 is 10.2 Å². The highest BCUT2D eigenvalue weighted by Gasteiger charge is 2.23. The molecule has 0 atom stereocenters. The number of phenols is 1. The zero-order valence-electron chi connectivity index (χ0n) is 21.7. The fraction of sp³-hybridized carbons (Fsp3) is 0. The average molecular weight is 643 g/mol. The highest BCUT2D eigenvalue weighted by molar-refractivity contribution is 7.86. The molecule has 4 rings (SSSR count). The number of hydrogen-bond acceptors (Lipinski definition) is 13. The number of nitrogens with zero attached hydrogens (tertiary/aromatic N) is 2. The van der Waals surface area contributed by atoms with Crippen molar-refractivity contribution >= 4 is 43.4 Å². The Balaban J connectivity index is 1.87. The fourth-order valence-corrected chi connectivity index (χ4v) is 4.63. The monoisotopic (exact) mass is 642 g/mol. The summed E-state index contributed by atoms with van der Waals surface area (Å²) < 4.78 is 63.3. The maximum absolute atomic E-state index is 13.4. The average Bonchev–Trinajstić information content (AvgIpc) is 2.96. The third kappa shape index (κ3) is 6.90. The van der Waals surface area contributed by atoms with Crippen LogP contribution >= 0.6 is 0 Å². The minimum absolute atomic E-state index is 0.0511. The van der Waals surface area contributed by atoms with Crippen LogP contribution in [0.4, 0.5) is 11.4 Å². The number of carboxylic acid groups (broad SMARTS) is 1. The molecule has 0 bridgehead atoms. The van der Waals surface area contributed by atoms with E-state index < -0.39 is 85.8 Å². The Bertz CT molecular complexity index is 2260. The van der Waals surface area contributed by atoms with Gasteiger partial charge in [0.1, 0.15) is 11.1 Å². The fourth-order valence-electron chi connectivity index (χ4n) is 3.67. The molecule has 0 amide bonds. The molecule has 0 unspecified atom stereocenters. The van der Waals surface area contributed by atoms with E-state index in [0.717, 1.165) is 60.7 Å². The van der Waals surface area contributed by atoms with Gasteiger partial charge in [-0.15, -0.1) is 0 Å². The summed E-state index contributed by atoms with van der Waals surface area (Å²) in [6.07, 6.45) is 0. The predicted molar refractivity (Wildman–Crippen MR) is 151 cm³/mol. The summed E-state index contributed by atoms with van der Waals surface area (Å²) in [5, 5.41) is 25.4. The zero-order chi connectivity index (χ0) is 32.4. The highest BCUT2D eigenvalue weighted by atomic mass is 32.2. The molecule has 0 fully saturated rings. The number of carboxylic acids is 1. The molecule has 0 spiro atoms. The van der Waals surface area contributed by atoms with Crippen molar-refractivity contribution in [1.29, 1.82) is 0 Å². The van der Waals surface area contributed by atoms with Crippen LogP contribution in [-0.2, 0) is 20.2 Å². The van der Waals surface area contributed by atoms with E-state index in [2.05, 4.69) is 21.1 Å². The number of nitrogens with one attached hydrogen (secondary N) is 2. The third-order valence-electron chi connectivity index (χ3n) is 5.82. The zero-order valence-corrected chi connectivity index (χ0v) is 23.3. The normalized spacial score (nSPS) is 12.6. The first kappa shape index (κ1) is 31.4. The molecule has 4 aromatic carbocycles. The van der Waals surface area contributed by atoms with Crippen molar-refractivity contribution in [2.24, 2.45) is 10.2 Å². The van der Waals surface area contributed by atoms with Gasteiger partial charge >= 0.3 is 5.97 Å². The molecule has 4 aromatic rings. The second kappa shape index (κ2) is 12.0. The van der Waals surface area contributed by atoms with E-state index in [1.165, 1.54) is 12.1 Å². The van der Waals surface area contributed by atoms with E-state index in [4.69, 9.17) is 9.11 Å². The topological polar surface area (TPSA) is 266 Å². The lowest BCUT2D eigenvalue weighted by molar-refractivity contribution is 0.0692. The van der Waals surface area contributed by atoms with Gasteiger partial charge in [0.25, 0.3) is 20.2 Å². The Morgan fingerprint density at radius 1 is 0.636 bits per heavy atom. The molecular weight excluding hydrogens is 624 g/mol. The summed E-state index contributed by atoms with van der Waals surface area (Å²) >= 11 is 0. The van der Waals surface area contributed by atoms with E-state index >= 15 is 0 Å². The minimum Gasteiger partial charge on any atom is -0.508 e. The quantitative estimate of drug-likeness (QED) is 0.0813. The summed E-state index contributed by atoms with van der Waals surface area (Å²) in [4.78, 5) is 50.7. The van der Waals surface area contributed by atoms with Gasteiger partial charge in [-0.3, -0.25) is 34.3 Å². The maximum Gasteiger partial charge on any atom is 0.336 e. The molecule has 0 aliphatic rings. The summed E-state index contributed by atoms with van der Waals surface area (Å²) in [6.45, 7) is 0. The van der Waals surface area contributed by atoms with Crippen LogP contribution in [0, 0.1) is 0 Å². The van der Waals surface area contributed by atoms with Gasteiger partial charge in [-0.1, -0.05) is 0 Å². The lowest BCUT2D eigenvalue weighted by atomic mass is 9.97. The second-order valence-corrected chi connectivity index (χ2v) is 11.6. The van der Waals surface area contributed by atoms with Crippen molar-refractivity contribution < 1.29 is 45.7 Å². The van der Waals surface area contributed by atoms with Crippen LogP contribution in [0.15, 0.2) is 102 Å². The summed E-state index contributed by atoms with van der Waals surface area (Å²) in [5.41, 5.74) is 0.709. The van der Waals surface area contributed by atoms with E-state index in [0.29, 0.717) is 0 Å². The molecule has 226 valence electrons. The Morgan fingerprint density at radius 2 is 1.14 bits per heavy atom. The van der Waals surface area contributed by atoms with E-state index in [9.17, 15) is 46.2 Å². The van der Waals surface area contributed by atoms with Gasteiger partial charge in [0, 0.05) is 5.56 Å². The Morgan fingerprint density at radius 3 is 1.61 bits per heavy atom. The Hall–Kier alpha value is -5.56. The van der Waals surface area contributed by atoms with Gasteiger partial charge in [-0.05, 0) is 72.8 Å². The number of carbonyl (C=O) groups excluding carboxylic acids is 1. The summed E-state index contributed by atoms with van der Waals surface area (Å²) in [6, 6.07) is 12.3. The van der Waals surface area contributed by atoms with Gasteiger partial charge in [-0.2, -0.15) is 27.0 Å². The first-order valence-electron chi connectivity index (χ1n) is 11.8. The second-order valence-electron chi connectivity index (χ2n) is 8.76. The molecule has 0 aromatic heterocycles. The number of carbonyl (C=O) groups is 2. The number of anilines is 2. The summed E-state index contributed by atoms with van der Waals surface area (Å²) in [5.74, 6) is -3.23. The van der Waals surface area contributed by atoms with Crippen molar-refractivity contribution in [3.05, 3.63) is 121 Å². The van der Waals surface area contributed by atoms with Crippen LogP contribution in [0.25, 0.3) is 0 Å². The number of hydrogen-bond donors (Lipinski definition) is 6. The van der Waals surface area contributed by atoms with Crippen LogP contribution in [-0.4, -0.2) is 47.9 Å². The number of aromatic carboxylic acids is 1.